The van der Waals surface area contributed by atoms with E-state index in [1.807, 2.05) is 5.32 Å². The van der Waals surface area contributed by atoms with E-state index in [1.54, 1.807) is 0 Å². The fourth-order valence-electron chi connectivity index (χ4n) is 0.888. The third kappa shape index (κ3) is 6.42. The lowest BCUT2D eigenvalue weighted by atomic mass is 10.2. The van der Waals surface area contributed by atoms with Crippen molar-refractivity contribution < 1.29 is 27.1 Å². The van der Waals surface area contributed by atoms with Gasteiger partial charge in [0.15, 0.2) is 0 Å². The molecule has 0 rings (SSSR count). The topological polar surface area (TPSA) is 50.4 Å². The highest BCUT2D eigenvalue weighted by molar-refractivity contribution is 5.81. The van der Waals surface area contributed by atoms with Crippen molar-refractivity contribution in [3.05, 3.63) is 0 Å². The lowest BCUT2D eigenvalue weighted by molar-refractivity contribution is -0.131. The van der Waals surface area contributed by atoms with Gasteiger partial charge in [0.2, 0.25) is 5.91 Å². The zero-order chi connectivity index (χ0) is 13.5. The molecule has 0 fully saturated rings. The maximum absolute atomic E-state index is 12.5. The molecular formula is C9H16F4N2O2. The number of hydrogen-bond donors (Lipinski definition) is 2. The van der Waals surface area contributed by atoms with Crippen LogP contribution < -0.4 is 10.6 Å². The van der Waals surface area contributed by atoms with Crippen LogP contribution in [0.1, 0.15) is 6.92 Å². The second-order valence-electron chi connectivity index (χ2n) is 3.45. The molecule has 0 aliphatic heterocycles. The molecule has 0 spiro atoms. The Morgan fingerprint density at radius 3 is 2.47 bits per heavy atom. The van der Waals surface area contributed by atoms with Crippen LogP contribution in [0.25, 0.3) is 0 Å². The van der Waals surface area contributed by atoms with Gasteiger partial charge in [-0.05, 0) is 6.92 Å². The van der Waals surface area contributed by atoms with Gasteiger partial charge in [-0.15, -0.1) is 0 Å². The molecule has 4 nitrogen and oxygen atoms in total. The van der Waals surface area contributed by atoms with Gasteiger partial charge in [0.25, 0.3) is 0 Å². The number of nitrogens with one attached hydrogen (secondary N) is 2. The van der Waals surface area contributed by atoms with Crippen molar-refractivity contribution >= 4 is 5.91 Å². The monoisotopic (exact) mass is 260 g/mol. The van der Waals surface area contributed by atoms with Crippen molar-refractivity contribution in [1.82, 2.24) is 10.6 Å². The molecule has 0 bridgehead atoms. The van der Waals surface area contributed by atoms with Gasteiger partial charge in [-0.1, -0.05) is 0 Å². The lowest BCUT2D eigenvalue weighted by Crippen LogP contribution is -2.48. The normalized spacial score (nSPS) is 13.8. The zero-order valence-corrected chi connectivity index (χ0v) is 9.60. The summed E-state index contributed by atoms with van der Waals surface area (Å²) in [5, 5.41) is 4.44. The molecule has 0 aromatic rings. The largest absolute Gasteiger partial charge is 0.383 e. The first-order chi connectivity index (χ1) is 7.81. The van der Waals surface area contributed by atoms with Crippen molar-refractivity contribution in [2.24, 2.45) is 0 Å². The summed E-state index contributed by atoms with van der Waals surface area (Å²) in [5.41, 5.74) is 0. The van der Waals surface area contributed by atoms with Crippen LogP contribution in [0.4, 0.5) is 17.6 Å². The molecule has 102 valence electrons. The van der Waals surface area contributed by atoms with E-state index in [0.717, 1.165) is 0 Å². The number of ether oxygens (including phenoxy) is 1. The molecule has 0 aliphatic carbocycles. The summed E-state index contributed by atoms with van der Waals surface area (Å²) in [6.07, 6.45) is -3.75. The minimum absolute atomic E-state index is 0.229. The van der Waals surface area contributed by atoms with E-state index in [4.69, 9.17) is 0 Å². The van der Waals surface area contributed by atoms with Crippen LogP contribution in [-0.4, -0.2) is 51.1 Å². The van der Waals surface area contributed by atoms with Gasteiger partial charge in [-0.25, -0.2) is 8.78 Å². The highest BCUT2D eigenvalue weighted by atomic mass is 19.3. The SMILES string of the molecule is COCCNC(=O)C(C)NCC(F)(F)C(F)F. The fraction of sp³-hybridized carbons (Fsp3) is 0.889. The lowest BCUT2D eigenvalue weighted by Gasteiger charge is -2.19. The molecular weight excluding hydrogens is 244 g/mol. The molecule has 1 atom stereocenters. The number of rotatable bonds is 8. The number of methoxy groups -OCH3 is 1. The molecule has 2 N–H and O–H groups in total. The van der Waals surface area contributed by atoms with Gasteiger partial charge in [0.1, 0.15) is 0 Å². The second-order valence-corrected chi connectivity index (χ2v) is 3.45. The van der Waals surface area contributed by atoms with E-state index in [-0.39, 0.29) is 13.2 Å². The third-order valence-corrected chi connectivity index (χ3v) is 1.96. The van der Waals surface area contributed by atoms with Crippen molar-refractivity contribution in [2.45, 2.75) is 25.3 Å². The number of alkyl halides is 4. The van der Waals surface area contributed by atoms with Crippen LogP contribution in [0.15, 0.2) is 0 Å². The van der Waals surface area contributed by atoms with Crippen LogP contribution in [0, 0.1) is 0 Å². The first-order valence-corrected chi connectivity index (χ1v) is 4.97. The maximum Gasteiger partial charge on any atom is 0.319 e. The fourth-order valence-corrected chi connectivity index (χ4v) is 0.888. The second kappa shape index (κ2) is 7.44. The van der Waals surface area contributed by atoms with Crippen LogP contribution in [0.2, 0.25) is 0 Å². The average molecular weight is 260 g/mol. The summed E-state index contributed by atoms with van der Waals surface area (Å²) in [6, 6.07) is -0.975. The molecule has 1 amide bonds. The van der Waals surface area contributed by atoms with Gasteiger partial charge in [0, 0.05) is 13.7 Å². The van der Waals surface area contributed by atoms with E-state index in [2.05, 4.69) is 10.1 Å². The number of carbonyl (C=O) groups is 1. The average Bonchev–Trinajstić information content (AvgIpc) is 2.26. The first-order valence-electron chi connectivity index (χ1n) is 4.97. The smallest absolute Gasteiger partial charge is 0.319 e. The Balaban J connectivity index is 3.92. The Bertz CT molecular complexity index is 239. The highest BCUT2D eigenvalue weighted by Crippen LogP contribution is 2.21. The summed E-state index contributed by atoms with van der Waals surface area (Å²) in [5.74, 6) is -4.69. The van der Waals surface area contributed by atoms with E-state index >= 15 is 0 Å². The quantitative estimate of drug-likeness (QED) is 0.497. The number of hydrogen-bond acceptors (Lipinski definition) is 3. The molecule has 0 aromatic heterocycles. The third-order valence-electron chi connectivity index (χ3n) is 1.96. The van der Waals surface area contributed by atoms with Gasteiger partial charge in [-0.2, -0.15) is 8.78 Å². The van der Waals surface area contributed by atoms with E-state index in [0.29, 0.717) is 0 Å². The molecule has 0 radical (unpaired) electrons. The molecule has 17 heavy (non-hydrogen) atoms. The molecule has 0 aromatic carbocycles. The Hall–Kier alpha value is -0.890. The van der Waals surface area contributed by atoms with Crippen LogP contribution in [0.3, 0.4) is 0 Å². The first kappa shape index (κ1) is 16.1. The van der Waals surface area contributed by atoms with E-state index in [9.17, 15) is 22.4 Å². The van der Waals surface area contributed by atoms with Crippen molar-refractivity contribution in [2.75, 3.05) is 26.8 Å². The zero-order valence-electron chi connectivity index (χ0n) is 9.60. The van der Waals surface area contributed by atoms with Crippen LogP contribution in [-0.2, 0) is 9.53 Å². The van der Waals surface area contributed by atoms with Gasteiger partial charge in [-0.3, -0.25) is 4.79 Å². The van der Waals surface area contributed by atoms with Crippen LogP contribution >= 0.6 is 0 Å². The number of carbonyl (C=O) groups excluding carboxylic acids is 1. The highest BCUT2D eigenvalue weighted by Gasteiger charge is 2.40. The Morgan fingerprint density at radius 1 is 1.41 bits per heavy atom. The molecule has 1 unspecified atom stereocenters. The Labute approximate surface area is 96.7 Å². The summed E-state index contributed by atoms with van der Waals surface area (Å²) in [4.78, 5) is 11.2. The van der Waals surface area contributed by atoms with Crippen molar-refractivity contribution in [1.29, 1.82) is 0 Å². The molecule has 0 saturated heterocycles. The van der Waals surface area contributed by atoms with Gasteiger partial charge < -0.3 is 15.4 Å². The predicted molar refractivity (Wildman–Crippen MR) is 53.3 cm³/mol. The standard InChI is InChI=1S/C9H16F4N2O2/c1-6(7(16)14-3-4-17-2)15-5-9(12,13)8(10)11/h6,8,15H,3-5H2,1-2H3,(H,14,16). The summed E-state index contributed by atoms with van der Waals surface area (Å²) < 4.78 is 53.3. The molecule has 0 saturated carbocycles. The Morgan fingerprint density at radius 2 is 2.00 bits per heavy atom. The molecule has 0 heterocycles. The van der Waals surface area contributed by atoms with Crippen molar-refractivity contribution in [3.63, 3.8) is 0 Å². The summed E-state index contributed by atoms with van der Waals surface area (Å²) >= 11 is 0. The summed E-state index contributed by atoms with van der Waals surface area (Å²) in [7, 11) is 1.44. The minimum Gasteiger partial charge on any atom is -0.383 e. The van der Waals surface area contributed by atoms with Crippen molar-refractivity contribution in [3.8, 4) is 0 Å². The van der Waals surface area contributed by atoms with Gasteiger partial charge in [0.05, 0.1) is 19.2 Å². The Kier molecular flexibility index (Phi) is 7.05. The minimum atomic E-state index is -4.14. The molecule has 0 aliphatic rings. The maximum atomic E-state index is 12.5. The van der Waals surface area contributed by atoms with Gasteiger partial charge >= 0.3 is 12.3 Å². The summed E-state index contributed by atoms with van der Waals surface area (Å²) in [6.45, 7) is 0.575. The number of amides is 1. The number of halogens is 4. The predicted octanol–water partition coefficient (Wildman–Crippen LogP) is 0.627. The van der Waals surface area contributed by atoms with E-state index in [1.165, 1.54) is 14.0 Å². The van der Waals surface area contributed by atoms with Crippen LogP contribution in [0.5, 0.6) is 0 Å². The molecule has 8 heteroatoms. The van der Waals surface area contributed by atoms with E-state index < -0.39 is 30.8 Å².